The van der Waals surface area contributed by atoms with E-state index in [1.807, 2.05) is 6.07 Å². The van der Waals surface area contributed by atoms with Crippen LogP contribution in [0.1, 0.15) is 17.8 Å². The minimum atomic E-state index is 0.691. The molecule has 0 atom stereocenters. The third-order valence-corrected chi connectivity index (χ3v) is 2.50. The largest absolute Gasteiger partial charge is 0.342 e. The number of hydrogen-bond acceptors (Lipinski definition) is 1. The molecule has 0 unspecified atom stereocenters. The molecule has 1 N–H and O–H groups in total. The van der Waals surface area contributed by atoms with E-state index in [-0.39, 0.29) is 0 Å². The number of H-pyrrole nitrogens is 1. The second-order valence-corrected chi connectivity index (χ2v) is 3.87. The van der Waals surface area contributed by atoms with Crippen molar-refractivity contribution < 1.29 is 0 Å². The molecule has 0 aliphatic carbocycles. The summed E-state index contributed by atoms with van der Waals surface area (Å²) in [6.45, 7) is 2.08. The van der Waals surface area contributed by atoms with E-state index in [1.54, 1.807) is 0 Å². The van der Waals surface area contributed by atoms with Crippen LogP contribution in [-0.4, -0.2) is 15.8 Å². The van der Waals surface area contributed by atoms with Crippen molar-refractivity contribution in [3.63, 3.8) is 0 Å². The second kappa shape index (κ2) is 4.01. The van der Waals surface area contributed by atoms with E-state index in [0.29, 0.717) is 5.88 Å². The lowest BCUT2D eigenvalue weighted by molar-refractivity contribution is 0.867. The van der Waals surface area contributed by atoms with E-state index < -0.39 is 0 Å². The smallest absolute Gasteiger partial charge is 0.107 e. The second-order valence-electron chi connectivity index (χ2n) is 3.50. The predicted octanol–water partition coefficient (Wildman–Crippen LogP) is 3.04. The number of nitrogens with one attached hydrogen (secondary N) is 1. The van der Waals surface area contributed by atoms with Gasteiger partial charge in [0.2, 0.25) is 0 Å². The number of fused-ring (bicyclic) bond motifs is 1. The number of aromatic amines is 1. The number of imidazole rings is 1. The summed E-state index contributed by atoms with van der Waals surface area (Å²) in [6, 6.07) is 6.24. The van der Waals surface area contributed by atoms with Gasteiger partial charge in [-0.15, -0.1) is 11.6 Å². The van der Waals surface area contributed by atoms with Crippen molar-refractivity contribution in [3.05, 3.63) is 29.6 Å². The first-order valence-electron chi connectivity index (χ1n) is 4.81. The van der Waals surface area contributed by atoms with Gasteiger partial charge in [-0.25, -0.2) is 4.98 Å². The highest BCUT2D eigenvalue weighted by molar-refractivity contribution is 6.17. The molecule has 14 heavy (non-hydrogen) atoms. The Kier molecular flexibility index (Phi) is 2.73. The average Bonchev–Trinajstić information content (AvgIpc) is 2.56. The van der Waals surface area contributed by atoms with Gasteiger partial charge < -0.3 is 4.98 Å². The van der Waals surface area contributed by atoms with Crippen LogP contribution in [0.5, 0.6) is 0 Å². The molecule has 0 aliphatic heterocycles. The fourth-order valence-electron chi connectivity index (χ4n) is 1.53. The Hall–Kier alpha value is -1.02. The maximum atomic E-state index is 5.63. The molecule has 0 fully saturated rings. The Bertz CT molecular complexity index is 434. The Morgan fingerprint density at radius 2 is 2.29 bits per heavy atom. The number of aromatic nitrogens is 2. The normalized spacial score (nSPS) is 11.0. The maximum Gasteiger partial charge on any atom is 0.107 e. The number of nitrogens with zero attached hydrogens (tertiary/aromatic N) is 1. The summed E-state index contributed by atoms with van der Waals surface area (Å²) in [6.07, 6.45) is 1.90. The van der Waals surface area contributed by atoms with Gasteiger partial charge >= 0.3 is 0 Å². The summed E-state index contributed by atoms with van der Waals surface area (Å²) in [4.78, 5) is 7.78. The zero-order valence-electron chi connectivity index (χ0n) is 8.18. The summed E-state index contributed by atoms with van der Waals surface area (Å²) in [5, 5.41) is 0. The number of hydrogen-bond donors (Lipinski definition) is 1. The van der Waals surface area contributed by atoms with E-state index in [2.05, 4.69) is 29.0 Å². The molecule has 2 rings (SSSR count). The first kappa shape index (κ1) is 9.53. The van der Waals surface area contributed by atoms with E-state index in [4.69, 9.17) is 11.6 Å². The van der Waals surface area contributed by atoms with Gasteiger partial charge in [-0.05, 0) is 31.0 Å². The molecule has 1 heterocycles. The van der Waals surface area contributed by atoms with Crippen molar-refractivity contribution in [2.75, 3.05) is 5.88 Å². The van der Waals surface area contributed by atoms with Crippen LogP contribution in [0, 0.1) is 6.92 Å². The van der Waals surface area contributed by atoms with Crippen molar-refractivity contribution in [1.82, 2.24) is 9.97 Å². The Labute approximate surface area is 88.3 Å². The number of aryl methyl sites for hydroxylation is 2. The zero-order valence-corrected chi connectivity index (χ0v) is 8.93. The highest BCUT2D eigenvalue weighted by atomic mass is 35.5. The lowest BCUT2D eigenvalue weighted by atomic mass is 10.2. The molecule has 0 spiro atoms. The lowest BCUT2D eigenvalue weighted by Gasteiger charge is -1.90. The van der Waals surface area contributed by atoms with Gasteiger partial charge in [-0.1, -0.05) is 6.07 Å². The van der Waals surface area contributed by atoms with Gasteiger partial charge in [-0.2, -0.15) is 0 Å². The Morgan fingerprint density at radius 1 is 1.43 bits per heavy atom. The molecular weight excluding hydrogens is 196 g/mol. The third-order valence-electron chi connectivity index (χ3n) is 2.23. The zero-order chi connectivity index (χ0) is 9.97. The predicted molar refractivity (Wildman–Crippen MR) is 59.9 cm³/mol. The first-order valence-corrected chi connectivity index (χ1v) is 5.34. The molecule has 3 heteroatoms. The third kappa shape index (κ3) is 1.90. The molecule has 0 saturated heterocycles. The minimum Gasteiger partial charge on any atom is -0.342 e. The van der Waals surface area contributed by atoms with Crippen LogP contribution in [0.2, 0.25) is 0 Å². The summed E-state index contributed by atoms with van der Waals surface area (Å²) < 4.78 is 0. The number of alkyl halides is 1. The van der Waals surface area contributed by atoms with Crippen molar-refractivity contribution >= 4 is 22.6 Å². The first-order chi connectivity index (χ1) is 6.79. The van der Waals surface area contributed by atoms with Gasteiger partial charge in [0.05, 0.1) is 11.0 Å². The molecule has 0 saturated carbocycles. The molecule has 2 nitrogen and oxygen atoms in total. The molecule has 2 aromatic rings. The monoisotopic (exact) mass is 208 g/mol. The number of halogens is 1. The standard InChI is InChI=1S/C11H13ClN2/c1-8-4-5-9-10(7-8)14-11(13-9)3-2-6-12/h4-5,7H,2-3,6H2,1H3,(H,13,14). The van der Waals surface area contributed by atoms with E-state index in [0.717, 1.165) is 29.7 Å². The van der Waals surface area contributed by atoms with E-state index in [1.165, 1.54) is 5.56 Å². The molecule has 0 bridgehead atoms. The molecular formula is C11H13ClN2. The topological polar surface area (TPSA) is 28.7 Å². The fraction of sp³-hybridized carbons (Fsp3) is 0.364. The van der Waals surface area contributed by atoms with Crippen molar-refractivity contribution in [1.29, 1.82) is 0 Å². The molecule has 0 aliphatic rings. The van der Waals surface area contributed by atoms with Gasteiger partial charge in [0.15, 0.2) is 0 Å². The van der Waals surface area contributed by atoms with E-state index in [9.17, 15) is 0 Å². The molecule has 1 aromatic carbocycles. The average molecular weight is 209 g/mol. The van der Waals surface area contributed by atoms with E-state index >= 15 is 0 Å². The fourth-order valence-corrected chi connectivity index (χ4v) is 1.66. The van der Waals surface area contributed by atoms with Gasteiger partial charge in [0, 0.05) is 12.3 Å². The van der Waals surface area contributed by atoms with Gasteiger partial charge in [0.1, 0.15) is 5.82 Å². The molecule has 0 radical (unpaired) electrons. The van der Waals surface area contributed by atoms with Crippen LogP contribution >= 0.6 is 11.6 Å². The summed E-state index contributed by atoms with van der Waals surface area (Å²) in [5.74, 6) is 1.72. The van der Waals surface area contributed by atoms with Gasteiger partial charge in [-0.3, -0.25) is 0 Å². The van der Waals surface area contributed by atoms with Crippen molar-refractivity contribution in [2.24, 2.45) is 0 Å². The number of rotatable bonds is 3. The minimum absolute atomic E-state index is 0.691. The van der Waals surface area contributed by atoms with Crippen molar-refractivity contribution in [2.45, 2.75) is 19.8 Å². The van der Waals surface area contributed by atoms with Crippen LogP contribution in [0.15, 0.2) is 18.2 Å². The number of benzene rings is 1. The maximum absolute atomic E-state index is 5.63. The highest BCUT2D eigenvalue weighted by Gasteiger charge is 2.01. The van der Waals surface area contributed by atoms with Crippen LogP contribution in [0.4, 0.5) is 0 Å². The molecule has 74 valence electrons. The quantitative estimate of drug-likeness (QED) is 0.772. The molecule has 0 amide bonds. The van der Waals surface area contributed by atoms with Crippen LogP contribution in [0.3, 0.4) is 0 Å². The summed E-state index contributed by atoms with van der Waals surface area (Å²) >= 11 is 5.63. The van der Waals surface area contributed by atoms with Crippen LogP contribution in [0.25, 0.3) is 11.0 Å². The van der Waals surface area contributed by atoms with Crippen LogP contribution < -0.4 is 0 Å². The Morgan fingerprint density at radius 3 is 3.07 bits per heavy atom. The molecule has 1 aromatic heterocycles. The van der Waals surface area contributed by atoms with Gasteiger partial charge in [0.25, 0.3) is 0 Å². The Balaban J connectivity index is 2.32. The van der Waals surface area contributed by atoms with Crippen molar-refractivity contribution in [3.8, 4) is 0 Å². The highest BCUT2D eigenvalue weighted by Crippen LogP contribution is 2.13. The lowest BCUT2D eigenvalue weighted by Crippen LogP contribution is -1.87. The SMILES string of the molecule is Cc1ccc2nc(CCCCl)[nH]c2c1. The summed E-state index contributed by atoms with van der Waals surface area (Å²) in [5.41, 5.74) is 3.42. The summed E-state index contributed by atoms with van der Waals surface area (Å²) in [7, 11) is 0. The van der Waals surface area contributed by atoms with Crippen LogP contribution in [-0.2, 0) is 6.42 Å².